The van der Waals surface area contributed by atoms with Gasteiger partial charge in [0.15, 0.2) is 0 Å². The number of hydrogen-bond acceptors (Lipinski definition) is 7. The minimum absolute atomic E-state index is 0.521. The molecule has 0 aliphatic carbocycles. The first-order valence-corrected chi connectivity index (χ1v) is 11.8. The minimum Gasteiger partial charge on any atom is -0.475 e. The van der Waals surface area contributed by atoms with E-state index >= 15 is 0 Å². The van der Waals surface area contributed by atoms with Gasteiger partial charge in [-0.05, 0) is 51.6 Å². The second-order valence-corrected chi connectivity index (χ2v) is 9.87. The third kappa shape index (κ3) is 10.6. The lowest BCUT2D eigenvalue weighted by Gasteiger charge is -2.39. The van der Waals surface area contributed by atoms with E-state index in [1.165, 1.54) is 43.9 Å². The minimum atomic E-state index is -5.08. The SMILES string of the molecule is COCC1CC2(CCN(Cc3nccs3)CC2)CN1C(C)C.O=C(O)C(F)(F)F.O=C(O)C(F)(F)F. The summed E-state index contributed by atoms with van der Waals surface area (Å²) in [7, 11) is 1.83. The number of thiazole rings is 1. The van der Waals surface area contributed by atoms with Gasteiger partial charge in [-0.1, -0.05) is 0 Å². The largest absolute Gasteiger partial charge is 0.490 e. The highest BCUT2D eigenvalue weighted by atomic mass is 32.1. The van der Waals surface area contributed by atoms with Crippen molar-refractivity contribution in [3.05, 3.63) is 16.6 Å². The number of carboxylic acids is 2. The Balaban J connectivity index is 0.000000383. The van der Waals surface area contributed by atoms with E-state index in [0.29, 0.717) is 17.5 Å². The smallest absolute Gasteiger partial charge is 0.475 e. The quantitative estimate of drug-likeness (QED) is 0.527. The van der Waals surface area contributed by atoms with Gasteiger partial charge in [-0.25, -0.2) is 14.6 Å². The van der Waals surface area contributed by atoms with Crippen molar-refractivity contribution in [3.63, 3.8) is 0 Å². The molecular formula is C21H31F6N3O5S. The van der Waals surface area contributed by atoms with Gasteiger partial charge in [0, 0.05) is 37.3 Å². The first-order chi connectivity index (χ1) is 16.5. The molecule has 3 heterocycles. The van der Waals surface area contributed by atoms with Gasteiger partial charge < -0.3 is 14.9 Å². The number of ether oxygens (including phenoxy) is 1. The second-order valence-electron chi connectivity index (χ2n) is 8.89. The lowest BCUT2D eigenvalue weighted by atomic mass is 9.76. The van der Waals surface area contributed by atoms with Gasteiger partial charge in [0.25, 0.3) is 0 Å². The highest BCUT2D eigenvalue weighted by Gasteiger charge is 2.46. The monoisotopic (exact) mass is 551 g/mol. The molecule has 2 saturated heterocycles. The van der Waals surface area contributed by atoms with E-state index in [1.54, 1.807) is 11.3 Å². The highest BCUT2D eigenvalue weighted by molar-refractivity contribution is 7.09. The van der Waals surface area contributed by atoms with Crippen LogP contribution in [0.15, 0.2) is 11.6 Å². The summed E-state index contributed by atoms with van der Waals surface area (Å²) < 4.78 is 68.9. The number of aromatic nitrogens is 1. The molecule has 3 rings (SSSR count). The number of halogens is 6. The van der Waals surface area contributed by atoms with Crippen LogP contribution in [-0.4, -0.2) is 94.7 Å². The zero-order chi connectivity index (χ0) is 27.7. The van der Waals surface area contributed by atoms with Crippen LogP contribution in [0.25, 0.3) is 0 Å². The van der Waals surface area contributed by atoms with E-state index in [9.17, 15) is 26.3 Å². The van der Waals surface area contributed by atoms with Gasteiger partial charge in [-0.3, -0.25) is 9.80 Å². The molecule has 1 atom stereocenters. The number of nitrogens with zero attached hydrogens (tertiary/aromatic N) is 3. The van der Waals surface area contributed by atoms with E-state index in [4.69, 9.17) is 24.5 Å². The van der Waals surface area contributed by atoms with Crippen LogP contribution in [0, 0.1) is 5.41 Å². The van der Waals surface area contributed by atoms with Crippen LogP contribution >= 0.6 is 11.3 Å². The van der Waals surface area contributed by atoms with E-state index in [-0.39, 0.29) is 0 Å². The zero-order valence-corrected chi connectivity index (χ0v) is 20.9. The van der Waals surface area contributed by atoms with Crippen LogP contribution in [0.3, 0.4) is 0 Å². The number of likely N-dealkylation sites (tertiary alicyclic amines) is 2. The number of aliphatic carboxylic acids is 2. The molecule has 1 aromatic heterocycles. The van der Waals surface area contributed by atoms with Crippen LogP contribution in [-0.2, 0) is 20.9 Å². The Morgan fingerprint density at radius 2 is 1.64 bits per heavy atom. The fourth-order valence-electron chi connectivity index (χ4n) is 4.22. The average molecular weight is 552 g/mol. The van der Waals surface area contributed by atoms with Crippen molar-refractivity contribution in [2.45, 2.75) is 64.1 Å². The molecule has 0 radical (unpaired) electrons. The lowest BCUT2D eigenvalue weighted by molar-refractivity contribution is -0.193. The average Bonchev–Trinajstić information content (AvgIpc) is 3.38. The second kappa shape index (κ2) is 13.5. The summed E-state index contributed by atoms with van der Waals surface area (Å²) in [6, 6.07) is 1.23. The summed E-state index contributed by atoms with van der Waals surface area (Å²) in [4.78, 5) is 27.5. The molecule has 2 aliphatic rings. The first-order valence-electron chi connectivity index (χ1n) is 11.0. The molecular weight excluding hydrogens is 520 g/mol. The van der Waals surface area contributed by atoms with Crippen molar-refractivity contribution in [1.29, 1.82) is 0 Å². The Morgan fingerprint density at radius 1 is 1.14 bits per heavy atom. The molecule has 2 fully saturated rings. The summed E-state index contributed by atoms with van der Waals surface area (Å²) in [6.07, 6.45) is -4.30. The molecule has 208 valence electrons. The molecule has 1 spiro atoms. The van der Waals surface area contributed by atoms with Gasteiger partial charge in [-0.2, -0.15) is 26.3 Å². The van der Waals surface area contributed by atoms with Crippen molar-refractivity contribution >= 4 is 23.3 Å². The topological polar surface area (TPSA) is 103 Å². The van der Waals surface area contributed by atoms with Gasteiger partial charge in [0.05, 0.1) is 13.2 Å². The highest BCUT2D eigenvalue weighted by Crippen LogP contribution is 2.44. The zero-order valence-electron chi connectivity index (χ0n) is 20.1. The number of hydrogen-bond donors (Lipinski definition) is 2. The molecule has 0 saturated carbocycles. The number of carbonyl (C=O) groups is 2. The Hall–Kier alpha value is -1.97. The van der Waals surface area contributed by atoms with Crippen LogP contribution in [0.5, 0.6) is 0 Å². The van der Waals surface area contributed by atoms with Crippen molar-refractivity contribution < 1.29 is 50.9 Å². The third-order valence-electron chi connectivity index (χ3n) is 5.92. The summed E-state index contributed by atoms with van der Waals surface area (Å²) in [5, 5.41) is 17.6. The fourth-order valence-corrected chi connectivity index (χ4v) is 4.88. The van der Waals surface area contributed by atoms with E-state index in [2.05, 4.69) is 34.0 Å². The predicted molar refractivity (Wildman–Crippen MR) is 119 cm³/mol. The Labute approximate surface area is 208 Å². The van der Waals surface area contributed by atoms with Gasteiger partial charge >= 0.3 is 24.3 Å². The maximum atomic E-state index is 10.6. The third-order valence-corrected chi connectivity index (χ3v) is 6.69. The van der Waals surface area contributed by atoms with Gasteiger partial charge in [-0.15, -0.1) is 11.3 Å². The molecule has 8 nitrogen and oxygen atoms in total. The molecule has 2 aliphatic heterocycles. The number of piperidine rings is 1. The van der Waals surface area contributed by atoms with Crippen LogP contribution in [0.4, 0.5) is 26.3 Å². The molecule has 15 heteroatoms. The molecule has 0 bridgehead atoms. The molecule has 0 aromatic carbocycles. The number of alkyl halides is 6. The van der Waals surface area contributed by atoms with Crippen LogP contribution < -0.4 is 0 Å². The Kier molecular flexibility index (Phi) is 12.1. The van der Waals surface area contributed by atoms with E-state index < -0.39 is 24.3 Å². The van der Waals surface area contributed by atoms with Crippen LogP contribution in [0.2, 0.25) is 0 Å². The summed E-state index contributed by atoms with van der Waals surface area (Å²) in [6.45, 7) is 10.2. The van der Waals surface area contributed by atoms with E-state index in [0.717, 1.165) is 13.2 Å². The summed E-state index contributed by atoms with van der Waals surface area (Å²) in [5.41, 5.74) is 0.521. The van der Waals surface area contributed by atoms with E-state index in [1.807, 2.05) is 13.3 Å². The normalized spacial score (nSPS) is 20.4. The van der Waals surface area contributed by atoms with Crippen molar-refractivity contribution in [2.24, 2.45) is 5.41 Å². The molecule has 1 unspecified atom stereocenters. The molecule has 36 heavy (non-hydrogen) atoms. The Morgan fingerprint density at radius 3 is 2.00 bits per heavy atom. The molecule has 2 N–H and O–H groups in total. The fraction of sp³-hybridized carbons (Fsp3) is 0.762. The summed E-state index contributed by atoms with van der Waals surface area (Å²) in [5.74, 6) is -5.51. The Bertz CT molecular complexity index is 788. The maximum absolute atomic E-state index is 10.6. The van der Waals surface area contributed by atoms with Crippen molar-refractivity contribution in [1.82, 2.24) is 14.8 Å². The standard InChI is InChI=1S/C17H29N3OS.2C2HF3O2/c1-14(2)20-13-17(10-15(20)12-21-3)4-7-19(8-5-17)11-16-18-6-9-22-16;2*3-2(4,5)1(6)7/h6,9,14-15H,4-5,7-8,10-13H2,1-3H3;2*(H,6,7). The molecule has 1 aromatic rings. The number of methoxy groups -OCH3 is 1. The van der Waals surface area contributed by atoms with Crippen molar-refractivity contribution in [2.75, 3.05) is 33.4 Å². The summed E-state index contributed by atoms with van der Waals surface area (Å²) >= 11 is 1.77. The number of rotatable bonds is 5. The van der Waals surface area contributed by atoms with Crippen LogP contribution in [0.1, 0.15) is 38.1 Å². The first kappa shape index (κ1) is 32.1. The maximum Gasteiger partial charge on any atom is 0.490 e. The predicted octanol–water partition coefficient (Wildman–Crippen LogP) is 4.12. The van der Waals surface area contributed by atoms with Crippen molar-refractivity contribution in [3.8, 4) is 0 Å². The number of carboxylic acid groups (broad SMARTS) is 2. The lowest BCUT2D eigenvalue weighted by Crippen LogP contribution is -2.42. The van der Waals surface area contributed by atoms with Gasteiger partial charge in [0.2, 0.25) is 0 Å². The van der Waals surface area contributed by atoms with Gasteiger partial charge in [0.1, 0.15) is 5.01 Å². The molecule has 0 amide bonds.